The Hall–Kier alpha value is -3.21. The number of carbonyl (C=O) groups excluding carboxylic acids is 2. The summed E-state index contributed by atoms with van der Waals surface area (Å²) in [5, 5.41) is 0. The van der Waals surface area contributed by atoms with Gasteiger partial charge >= 0.3 is 5.69 Å². The van der Waals surface area contributed by atoms with Crippen LogP contribution in [0, 0.1) is 0 Å². The number of imidazole rings is 1. The lowest BCUT2D eigenvalue weighted by Crippen LogP contribution is -2.50. The fraction of sp³-hybridized carbons (Fsp3) is 0.526. The van der Waals surface area contributed by atoms with Crippen molar-refractivity contribution in [3.8, 4) is 0 Å². The first-order valence-electron chi connectivity index (χ1n) is 10.0. The highest BCUT2D eigenvalue weighted by Crippen LogP contribution is 2.19. The van der Waals surface area contributed by atoms with Gasteiger partial charge in [-0.15, -0.1) is 0 Å². The quantitative estimate of drug-likeness (QED) is 0.411. The summed E-state index contributed by atoms with van der Waals surface area (Å²) in [5.41, 5.74) is 12.4. The summed E-state index contributed by atoms with van der Waals surface area (Å²) < 4.78 is 1.51. The molecule has 0 spiro atoms. The Labute approximate surface area is 172 Å². The lowest BCUT2D eigenvalue weighted by atomic mass is 10.1. The van der Waals surface area contributed by atoms with Gasteiger partial charge in [0.25, 0.3) is 5.56 Å². The first-order valence-corrected chi connectivity index (χ1v) is 10.0. The maximum absolute atomic E-state index is 12.7. The molecule has 3 rings (SSSR count). The lowest BCUT2D eigenvalue weighted by Gasteiger charge is -2.25. The lowest BCUT2D eigenvalue weighted by molar-refractivity contribution is -0.138. The number of amides is 2. The van der Waals surface area contributed by atoms with E-state index in [1.165, 1.54) is 21.9 Å². The minimum absolute atomic E-state index is 0.154. The summed E-state index contributed by atoms with van der Waals surface area (Å²) in [5.74, 6) is -0.874. The van der Waals surface area contributed by atoms with Crippen molar-refractivity contribution >= 4 is 11.8 Å². The minimum atomic E-state index is -0.885. The second-order valence-corrected chi connectivity index (χ2v) is 7.49. The van der Waals surface area contributed by atoms with Crippen molar-refractivity contribution in [2.45, 2.75) is 57.7 Å². The third-order valence-corrected chi connectivity index (χ3v) is 5.33. The fourth-order valence-electron chi connectivity index (χ4n) is 3.88. The van der Waals surface area contributed by atoms with Crippen LogP contribution >= 0.6 is 0 Å². The first kappa shape index (κ1) is 21.5. The molecule has 0 saturated carbocycles. The Morgan fingerprint density at radius 1 is 1.37 bits per heavy atom. The van der Waals surface area contributed by atoms with Gasteiger partial charge in [0.2, 0.25) is 11.8 Å². The number of nitrogens with two attached hydrogens (primary N) is 2. The van der Waals surface area contributed by atoms with E-state index < -0.39 is 29.2 Å². The molecule has 2 aromatic rings. The molecule has 1 aliphatic heterocycles. The number of nitrogens with one attached hydrogen (secondary N) is 2. The Morgan fingerprint density at radius 3 is 2.83 bits per heavy atom. The number of H-pyrrole nitrogens is 2. The van der Waals surface area contributed by atoms with Crippen LogP contribution in [0.15, 0.2) is 22.0 Å². The molecule has 0 radical (unpaired) electrons. The number of hydrogen-bond acceptors (Lipinski definition) is 6. The van der Waals surface area contributed by atoms with Gasteiger partial charge in [0.15, 0.2) is 0 Å². The molecule has 0 aliphatic carbocycles. The van der Waals surface area contributed by atoms with E-state index in [0.29, 0.717) is 43.0 Å². The molecule has 162 valence electrons. The first-order chi connectivity index (χ1) is 14.3. The van der Waals surface area contributed by atoms with Gasteiger partial charge in [-0.05, 0) is 19.3 Å². The molecule has 2 atom stereocenters. The number of aromatic amines is 2. The predicted molar refractivity (Wildman–Crippen MR) is 109 cm³/mol. The summed E-state index contributed by atoms with van der Waals surface area (Å²) >= 11 is 0. The number of aromatic nitrogens is 4. The van der Waals surface area contributed by atoms with E-state index >= 15 is 0 Å². The largest absolute Gasteiger partial charge is 0.368 e. The second-order valence-electron chi connectivity index (χ2n) is 7.49. The van der Waals surface area contributed by atoms with Gasteiger partial charge in [-0.2, -0.15) is 0 Å². The molecule has 0 aromatic carbocycles. The SMILES string of the molecule is CCCn1c(Cc2[nH]cnc2C[C@H](N)C(=O)N2CCC[C@H]2C(N)=O)cc(=O)[nH]c1=O. The van der Waals surface area contributed by atoms with Gasteiger partial charge in [-0.3, -0.25) is 23.9 Å². The van der Waals surface area contributed by atoms with Crippen molar-refractivity contribution in [2.24, 2.45) is 11.5 Å². The maximum Gasteiger partial charge on any atom is 0.328 e. The van der Waals surface area contributed by atoms with Gasteiger partial charge in [0.05, 0.1) is 18.1 Å². The number of carbonyl (C=O) groups is 2. The van der Waals surface area contributed by atoms with Crippen LogP contribution < -0.4 is 22.7 Å². The minimum Gasteiger partial charge on any atom is -0.368 e. The second kappa shape index (κ2) is 9.08. The Bertz CT molecular complexity index is 1040. The van der Waals surface area contributed by atoms with Gasteiger partial charge in [-0.1, -0.05) is 6.92 Å². The summed E-state index contributed by atoms with van der Waals surface area (Å²) in [6.07, 6.45) is 3.88. The molecule has 11 nitrogen and oxygen atoms in total. The maximum atomic E-state index is 12.7. The molecular formula is C19H27N7O4. The van der Waals surface area contributed by atoms with Crippen LogP contribution in [0.1, 0.15) is 43.3 Å². The zero-order chi connectivity index (χ0) is 21.8. The van der Waals surface area contributed by atoms with E-state index in [1.54, 1.807) is 0 Å². The van der Waals surface area contributed by atoms with Crippen LogP contribution in [0.5, 0.6) is 0 Å². The smallest absolute Gasteiger partial charge is 0.328 e. The van der Waals surface area contributed by atoms with E-state index in [4.69, 9.17) is 11.5 Å². The van der Waals surface area contributed by atoms with Gasteiger partial charge in [0.1, 0.15) is 6.04 Å². The van der Waals surface area contributed by atoms with E-state index in [2.05, 4.69) is 15.0 Å². The Kier molecular flexibility index (Phi) is 6.50. The summed E-state index contributed by atoms with van der Waals surface area (Å²) in [6, 6.07) is -0.125. The van der Waals surface area contributed by atoms with Crippen LogP contribution in [0.4, 0.5) is 0 Å². The monoisotopic (exact) mass is 417 g/mol. The molecule has 2 amide bonds. The van der Waals surface area contributed by atoms with Crippen molar-refractivity contribution in [2.75, 3.05) is 6.54 Å². The number of primary amides is 1. The van der Waals surface area contributed by atoms with Crippen LogP contribution in [0.25, 0.3) is 0 Å². The third-order valence-electron chi connectivity index (χ3n) is 5.33. The van der Waals surface area contributed by atoms with E-state index in [-0.39, 0.29) is 18.7 Å². The Balaban J connectivity index is 1.78. The molecule has 0 unspecified atom stereocenters. The van der Waals surface area contributed by atoms with E-state index in [1.807, 2.05) is 6.92 Å². The summed E-state index contributed by atoms with van der Waals surface area (Å²) in [7, 11) is 0. The van der Waals surface area contributed by atoms with Gasteiger partial charge in [0, 0.05) is 43.4 Å². The topological polar surface area (TPSA) is 173 Å². The van der Waals surface area contributed by atoms with Gasteiger partial charge < -0.3 is 21.4 Å². The normalized spacial score (nSPS) is 17.3. The van der Waals surface area contributed by atoms with Crippen LogP contribution in [0.2, 0.25) is 0 Å². The van der Waals surface area contributed by atoms with Gasteiger partial charge in [-0.25, -0.2) is 9.78 Å². The molecule has 1 fully saturated rings. The van der Waals surface area contributed by atoms with Crippen LogP contribution in [-0.2, 0) is 29.0 Å². The van der Waals surface area contributed by atoms with Crippen molar-refractivity contribution < 1.29 is 9.59 Å². The van der Waals surface area contributed by atoms with Crippen molar-refractivity contribution in [1.29, 1.82) is 0 Å². The standard InChI is InChI=1S/C19H27N7O4/c1-2-5-25-11(8-16(27)24-19(25)30)7-13-14(23-10-22-13)9-12(20)18(29)26-6-3-4-15(26)17(21)28/h8,10,12,15H,2-7,9,20H2,1H3,(H2,21,28)(H,22,23)(H,24,27,30)/t12-,15-/m0/s1. The van der Waals surface area contributed by atoms with Crippen molar-refractivity contribution in [3.05, 3.63) is 50.3 Å². The zero-order valence-corrected chi connectivity index (χ0v) is 16.9. The number of hydrogen-bond donors (Lipinski definition) is 4. The number of nitrogens with zero attached hydrogens (tertiary/aromatic N) is 3. The molecule has 3 heterocycles. The van der Waals surface area contributed by atoms with E-state index in [0.717, 1.165) is 6.42 Å². The summed E-state index contributed by atoms with van der Waals surface area (Å²) in [6.45, 7) is 2.85. The molecule has 0 bridgehead atoms. The molecule has 30 heavy (non-hydrogen) atoms. The Morgan fingerprint density at radius 2 is 2.13 bits per heavy atom. The molecule has 1 saturated heterocycles. The van der Waals surface area contributed by atoms with Crippen molar-refractivity contribution in [1.82, 2.24) is 24.4 Å². The van der Waals surface area contributed by atoms with Crippen LogP contribution in [0.3, 0.4) is 0 Å². The average Bonchev–Trinajstić information content (AvgIpc) is 3.33. The fourth-order valence-corrected chi connectivity index (χ4v) is 3.88. The highest BCUT2D eigenvalue weighted by molar-refractivity contribution is 5.89. The highest BCUT2D eigenvalue weighted by Gasteiger charge is 2.35. The summed E-state index contributed by atoms with van der Waals surface area (Å²) in [4.78, 5) is 59.2. The van der Waals surface area contributed by atoms with Crippen LogP contribution in [-0.4, -0.2) is 54.9 Å². The zero-order valence-electron chi connectivity index (χ0n) is 16.9. The molecular weight excluding hydrogens is 390 g/mol. The molecule has 2 aromatic heterocycles. The molecule has 11 heteroatoms. The van der Waals surface area contributed by atoms with Crippen molar-refractivity contribution in [3.63, 3.8) is 0 Å². The number of rotatable bonds is 8. The third kappa shape index (κ3) is 4.51. The average molecular weight is 417 g/mol. The number of likely N-dealkylation sites (tertiary alicyclic amines) is 1. The molecule has 1 aliphatic rings. The predicted octanol–water partition coefficient (Wildman–Crippen LogP) is -1.39. The van der Waals surface area contributed by atoms with E-state index in [9.17, 15) is 19.2 Å². The highest BCUT2D eigenvalue weighted by atomic mass is 16.2. The molecule has 6 N–H and O–H groups in total.